The Balaban J connectivity index is 3.26. The Hall–Kier alpha value is -0.330. The highest BCUT2D eigenvalue weighted by molar-refractivity contribution is 5.78. The average molecular weight is 283 g/mol. The molecule has 0 N–H and O–H groups in total. The predicted molar refractivity (Wildman–Crippen MR) is 90.2 cm³/mol. The molecule has 0 saturated carbocycles. The van der Waals surface area contributed by atoms with E-state index in [0.717, 1.165) is 25.7 Å². The Morgan fingerprint density at radius 1 is 0.750 bits per heavy atom. The Labute approximate surface area is 127 Å². The van der Waals surface area contributed by atoms with E-state index in [0.29, 0.717) is 11.7 Å². The smallest absolute Gasteiger partial charge is 0.133 e. The summed E-state index contributed by atoms with van der Waals surface area (Å²) in [4.78, 5) is 11.7. The fourth-order valence-corrected chi connectivity index (χ4v) is 2.77. The summed E-state index contributed by atoms with van der Waals surface area (Å²) in [7, 11) is 0. The van der Waals surface area contributed by atoms with Gasteiger partial charge in [-0.1, -0.05) is 91.4 Å². The molecule has 0 spiro atoms. The van der Waals surface area contributed by atoms with Crippen LogP contribution in [0.1, 0.15) is 111 Å². The van der Waals surface area contributed by atoms with Crippen molar-refractivity contribution >= 4 is 5.78 Å². The first kappa shape index (κ1) is 19.7. The van der Waals surface area contributed by atoms with E-state index in [-0.39, 0.29) is 0 Å². The van der Waals surface area contributed by atoms with Crippen molar-refractivity contribution in [2.24, 2.45) is 5.92 Å². The van der Waals surface area contributed by atoms with Crippen LogP contribution in [-0.4, -0.2) is 5.78 Å². The third-order valence-corrected chi connectivity index (χ3v) is 4.19. The summed E-state index contributed by atoms with van der Waals surface area (Å²) < 4.78 is 0. The highest BCUT2D eigenvalue weighted by atomic mass is 16.1. The number of Topliss-reactive ketones (excluding diaryl/α,β-unsaturated/α-hetero) is 1. The maximum atomic E-state index is 11.7. The minimum atomic E-state index is 0.482. The molecule has 120 valence electrons. The molecule has 0 fully saturated rings. The van der Waals surface area contributed by atoms with E-state index in [9.17, 15) is 4.79 Å². The summed E-state index contributed by atoms with van der Waals surface area (Å²) in [6.07, 6.45) is 17.6. The third-order valence-electron chi connectivity index (χ3n) is 4.19. The largest absolute Gasteiger partial charge is 0.300 e. The van der Waals surface area contributed by atoms with Gasteiger partial charge in [0.1, 0.15) is 5.78 Å². The zero-order chi connectivity index (χ0) is 15.1. The van der Waals surface area contributed by atoms with Crippen LogP contribution in [0.3, 0.4) is 0 Å². The number of carbonyl (C=O) groups excluding carboxylic acids is 1. The van der Waals surface area contributed by atoms with E-state index >= 15 is 0 Å². The number of unbranched alkanes of at least 4 members (excludes halogenated alkanes) is 9. The van der Waals surface area contributed by atoms with Crippen LogP contribution in [-0.2, 0) is 4.79 Å². The van der Waals surface area contributed by atoms with Gasteiger partial charge in [-0.3, -0.25) is 4.79 Å². The SMILES string of the molecule is CCCCCCCCCCCC(C)CC(=O)CCCC. The molecule has 0 aromatic carbocycles. The van der Waals surface area contributed by atoms with Crippen LogP contribution in [0.25, 0.3) is 0 Å². The molecule has 0 rings (SSSR count). The number of hydrogen-bond donors (Lipinski definition) is 0. The van der Waals surface area contributed by atoms with Gasteiger partial charge in [-0.15, -0.1) is 0 Å². The number of hydrogen-bond acceptors (Lipinski definition) is 1. The lowest BCUT2D eigenvalue weighted by molar-refractivity contribution is -0.120. The molecule has 0 aliphatic rings. The van der Waals surface area contributed by atoms with E-state index in [1.165, 1.54) is 64.2 Å². The number of carbonyl (C=O) groups is 1. The van der Waals surface area contributed by atoms with Crippen LogP contribution in [0.2, 0.25) is 0 Å². The summed E-state index contributed by atoms with van der Waals surface area (Å²) in [6, 6.07) is 0. The first-order chi connectivity index (χ1) is 9.70. The van der Waals surface area contributed by atoms with E-state index in [4.69, 9.17) is 0 Å². The minimum absolute atomic E-state index is 0.482. The molecule has 0 aliphatic heterocycles. The van der Waals surface area contributed by atoms with Crippen LogP contribution in [0, 0.1) is 5.92 Å². The molecular formula is C19H38O. The van der Waals surface area contributed by atoms with E-state index in [2.05, 4.69) is 20.8 Å². The predicted octanol–water partition coefficient (Wildman–Crippen LogP) is 6.69. The molecule has 1 atom stereocenters. The van der Waals surface area contributed by atoms with Crippen molar-refractivity contribution in [3.05, 3.63) is 0 Å². The number of ketones is 1. The van der Waals surface area contributed by atoms with Crippen molar-refractivity contribution in [1.29, 1.82) is 0 Å². The monoisotopic (exact) mass is 282 g/mol. The van der Waals surface area contributed by atoms with Crippen molar-refractivity contribution in [2.75, 3.05) is 0 Å². The summed E-state index contributed by atoms with van der Waals surface area (Å²) >= 11 is 0. The first-order valence-corrected chi connectivity index (χ1v) is 9.22. The normalized spacial score (nSPS) is 12.6. The lowest BCUT2D eigenvalue weighted by Gasteiger charge is -2.10. The highest BCUT2D eigenvalue weighted by Gasteiger charge is 2.08. The summed E-state index contributed by atoms with van der Waals surface area (Å²) in [5.74, 6) is 1.08. The molecule has 20 heavy (non-hydrogen) atoms. The van der Waals surface area contributed by atoms with E-state index < -0.39 is 0 Å². The summed E-state index contributed by atoms with van der Waals surface area (Å²) in [5.41, 5.74) is 0. The molecule has 1 unspecified atom stereocenters. The van der Waals surface area contributed by atoms with E-state index in [1.807, 2.05) is 0 Å². The molecule has 1 heteroatoms. The van der Waals surface area contributed by atoms with Gasteiger partial charge in [0.2, 0.25) is 0 Å². The second-order valence-electron chi connectivity index (χ2n) is 6.57. The van der Waals surface area contributed by atoms with Crippen LogP contribution in [0.5, 0.6) is 0 Å². The van der Waals surface area contributed by atoms with Crippen LogP contribution < -0.4 is 0 Å². The first-order valence-electron chi connectivity index (χ1n) is 9.22. The molecule has 0 saturated heterocycles. The van der Waals surface area contributed by atoms with Gasteiger partial charge in [0.05, 0.1) is 0 Å². The molecule has 0 aromatic heterocycles. The van der Waals surface area contributed by atoms with Gasteiger partial charge >= 0.3 is 0 Å². The van der Waals surface area contributed by atoms with Crippen LogP contribution in [0.4, 0.5) is 0 Å². The fourth-order valence-electron chi connectivity index (χ4n) is 2.77. The van der Waals surface area contributed by atoms with Gasteiger partial charge in [-0.25, -0.2) is 0 Å². The Bertz CT molecular complexity index is 210. The molecule has 0 aliphatic carbocycles. The Kier molecular flexibility index (Phi) is 14.8. The quantitative estimate of drug-likeness (QED) is 0.306. The molecule has 0 heterocycles. The van der Waals surface area contributed by atoms with Gasteiger partial charge in [0.15, 0.2) is 0 Å². The van der Waals surface area contributed by atoms with Crippen molar-refractivity contribution in [1.82, 2.24) is 0 Å². The standard InChI is InChI=1S/C19H38O/c1-4-6-8-9-10-11-12-13-14-15-18(3)17-19(20)16-7-5-2/h18H,4-17H2,1-3H3. The third kappa shape index (κ3) is 14.1. The van der Waals surface area contributed by atoms with Gasteiger partial charge in [-0.05, 0) is 12.3 Å². The zero-order valence-corrected chi connectivity index (χ0v) is 14.4. The lowest BCUT2D eigenvalue weighted by Crippen LogP contribution is -2.05. The zero-order valence-electron chi connectivity index (χ0n) is 14.4. The molecule has 0 bridgehead atoms. The molecule has 0 radical (unpaired) electrons. The Morgan fingerprint density at radius 2 is 1.25 bits per heavy atom. The maximum absolute atomic E-state index is 11.7. The Morgan fingerprint density at radius 3 is 1.80 bits per heavy atom. The molecule has 0 aromatic rings. The fraction of sp³-hybridized carbons (Fsp3) is 0.947. The number of rotatable bonds is 15. The van der Waals surface area contributed by atoms with Gasteiger partial charge in [0, 0.05) is 12.8 Å². The molecule has 1 nitrogen and oxygen atoms in total. The van der Waals surface area contributed by atoms with Gasteiger partial charge in [-0.2, -0.15) is 0 Å². The average Bonchev–Trinajstić information content (AvgIpc) is 2.43. The van der Waals surface area contributed by atoms with Crippen molar-refractivity contribution in [3.63, 3.8) is 0 Å². The van der Waals surface area contributed by atoms with Crippen molar-refractivity contribution < 1.29 is 4.79 Å². The van der Waals surface area contributed by atoms with Crippen LogP contribution in [0.15, 0.2) is 0 Å². The highest BCUT2D eigenvalue weighted by Crippen LogP contribution is 2.16. The summed E-state index contributed by atoms with van der Waals surface area (Å²) in [5, 5.41) is 0. The van der Waals surface area contributed by atoms with Crippen molar-refractivity contribution in [3.8, 4) is 0 Å². The summed E-state index contributed by atoms with van der Waals surface area (Å²) in [6.45, 7) is 6.67. The van der Waals surface area contributed by atoms with E-state index in [1.54, 1.807) is 0 Å². The van der Waals surface area contributed by atoms with Crippen molar-refractivity contribution in [2.45, 2.75) is 111 Å². The minimum Gasteiger partial charge on any atom is -0.300 e. The lowest BCUT2D eigenvalue weighted by atomic mass is 9.95. The second-order valence-corrected chi connectivity index (χ2v) is 6.57. The maximum Gasteiger partial charge on any atom is 0.133 e. The van der Waals surface area contributed by atoms with Gasteiger partial charge < -0.3 is 0 Å². The van der Waals surface area contributed by atoms with Gasteiger partial charge in [0.25, 0.3) is 0 Å². The topological polar surface area (TPSA) is 17.1 Å². The molecular weight excluding hydrogens is 244 g/mol. The second kappa shape index (κ2) is 15.1. The van der Waals surface area contributed by atoms with Crippen LogP contribution >= 0.6 is 0 Å². The molecule has 0 amide bonds.